The zero-order chi connectivity index (χ0) is 13.9. The summed E-state index contributed by atoms with van der Waals surface area (Å²) in [5.41, 5.74) is 0.805. The van der Waals surface area contributed by atoms with Crippen molar-refractivity contribution < 1.29 is 4.84 Å². The van der Waals surface area contributed by atoms with Crippen molar-refractivity contribution in [2.24, 2.45) is 0 Å². The van der Waals surface area contributed by atoms with E-state index in [1.165, 1.54) is 11.1 Å². The molecule has 1 aromatic rings. The van der Waals surface area contributed by atoms with Crippen molar-refractivity contribution >= 4 is 0 Å². The highest BCUT2D eigenvalue weighted by Crippen LogP contribution is 2.16. The van der Waals surface area contributed by atoms with Gasteiger partial charge in [-0.2, -0.15) is 15.0 Å². The number of hydrogen-bond acceptors (Lipinski definition) is 5. The van der Waals surface area contributed by atoms with Crippen molar-refractivity contribution in [1.29, 1.82) is 5.26 Å². The number of nitrogens with zero attached hydrogens (tertiary/aromatic N) is 4. The Morgan fingerprint density at radius 1 is 1.35 bits per heavy atom. The molecule has 0 atom stereocenters. The molecule has 0 saturated heterocycles. The van der Waals surface area contributed by atoms with Crippen LogP contribution >= 0.6 is 0 Å². The molecule has 3 rings (SSSR count). The van der Waals surface area contributed by atoms with Gasteiger partial charge in [0.05, 0.1) is 0 Å². The van der Waals surface area contributed by atoms with Gasteiger partial charge in [-0.3, -0.25) is 0 Å². The predicted molar refractivity (Wildman–Crippen MR) is 68.7 cm³/mol. The van der Waals surface area contributed by atoms with Crippen LogP contribution in [0.1, 0.15) is 11.3 Å². The molecule has 1 aromatic carbocycles. The van der Waals surface area contributed by atoms with Crippen molar-refractivity contribution in [2.45, 2.75) is 6.61 Å². The van der Waals surface area contributed by atoms with Crippen molar-refractivity contribution in [3.63, 3.8) is 0 Å². The molecule has 7 nitrogen and oxygen atoms in total. The van der Waals surface area contributed by atoms with Crippen LogP contribution in [0, 0.1) is 11.3 Å². The van der Waals surface area contributed by atoms with E-state index in [-0.39, 0.29) is 17.2 Å². The second-order valence-electron chi connectivity index (χ2n) is 4.03. The molecule has 0 spiro atoms. The van der Waals surface area contributed by atoms with Crippen LogP contribution in [0.4, 0.5) is 0 Å². The number of rotatable bonds is 3. The quantitative estimate of drug-likeness (QED) is 0.748. The van der Waals surface area contributed by atoms with E-state index < -0.39 is 5.69 Å². The smallest absolute Gasteiger partial charge is 0.347 e. The Kier molecular flexibility index (Phi) is 2.89. The van der Waals surface area contributed by atoms with E-state index in [4.69, 9.17) is 10.1 Å². The number of H-pyrrole nitrogens is 1. The number of benzene rings is 1. The van der Waals surface area contributed by atoms with Gasteiger partial charge in [0.1, 0.15) is 24.7 Å². The summed E-state index contributed by atoms with van der Waals surface area (Å²) in [4.78, 5) is 27.0. The van der Waals surface area contributed by atoms with E-state index >= 15 is 0 Å². The van der Waals surface area contributed by atoms with E-state index in [9.17, 15) is 4.79 Å². The fraction of sp³-hybridized carbons (Fsp3) is 0.0769. The lowest BCUT2D eigenvalue weighted by molar-refractivity contribution is 0.0952. The summed E-state index contributed by atoms with van der Waals surface area (Å²) in [7, 11) is 0. The zero-order valence-corrected chi connectivity index (χ0v) is 10.3. The largest absolute Gasteiger partial charge is 0.406 e. The molecule has 0 fully saturated rings. The minimum Gasteiger partial charge on any atom is -0.406 e. The van der Waals surface area contributed by atoms with Gasteiger partial charge in [0.25, 0.3) is 0 Å². The molecule has 20 heavy (non-hydrogen) atoms. The molecule has 2 aliphatic rings. The Bertz CT molecular complexity index is 800. The molecule has 7 heteroatoms. The van der Waals surface area contributed by atoms with Crippen LogP contribution < -0.4 is 10.5 Å². The molecule has 0 aromatic heterocycles. The van der Waals surface area contributed by atoms with Gasteiger partial charge in [-0.15, -0.1) is 0 Å². The number of nitriles is 1. The van der Waals surface area contributed by atoms with Gasteiger partial charge in [0.15, 0.2) is 5.69 Å². The van der Waals surface area contributed by atoms with Crippen LogP contribution in [0.25, 0.3) is 11.5 Å². The van der Waals surface area contributed by atoms with Crippen molar-refractivity contribution in [2.75, 3.05) is 0 Å². The minimum absolute atomic E-state index is 0.106. The molecule has 0 amide bonds. The summed E-state index contributed by atoms with van der Waals surface area (Å²) >= 11 is 0. The topological polar surface area (TPSA) is 96.6 Å². The van der Waals surface area contributed by atoms with Crippen LogP contribution in [0.3, 0.4) is 0 Å². The maximum atomic E-state index is 11.3. The molecule has 1 N–H and O–H groups in total. The number of aromatic amines is 1. The molecule has 0 saturated carbocycles. The predicted octanol–water partition coefficient (Wildman–Crippen LogP) is 0.572. The summed E-state index contributed by atoms with van der Waals surface area (Å²) in [6, 6.07) is 11.4. The fourth-order valence-electron chi connectivity index (χ4n) is 1.79. The molecule has 0 aliphatic carbocycles. The monoisotopic (exact) mass is 267 g/mol. The Morgan fingerprint density at radius 3 is 2.90 bits per heavy atom. The second-order valence-corrected chi connectivity index (χ2v) is 4.03. The van der Waals surface area contributed by atoms with Gasteiger partial charge in [0.2, 0.25) is 5.82 Å². The molecule has 0 unspecified atom stereocenters. The molecule has 0 radical (unpaired) electrons. The normalized spacial score (nSPS) is 10.3. The third kappa shape index (κ3) is 2.10. The number of aromatic nitrogens is 4. The average Bonchev–Trinajstić information content (AvgIpc) is 2.87. The summed E-state index contributed by atoms with van der Waals surface area (Å²) in [5.74, 6) is 0.248. The van der Waals surface area contributed by atoms with Crippen LogP contribution in [0.2, 0.25) is 0 Å². The Hall–Kier alpha value is -3.14. The number of hydrogen-bond donors (Lipinski definition) is 1. The maximum absolute atomic E-state index is 11.3. The zero-order valence-electron chi connectivity index (χ0n) is 10.3. The van der Waals surface area contributed by atoms with Gasteiger partial charge in [-0.05, 0) is 5.56 Å². The highest BCUT2D eigenvalue weighted by atomic mass is 16.7. The van der Waals surface area contributed by atoms with E-state index in [0.717, 1.165) is 5.56 Å². The lowest BCUT2D eigenvalue weighted by Crippen LogP contribution is -2.16. The lowest BCUT2D eigenvalue weighted by Gasteiger charge is -2.11. The first-order chi connectivity index (χ1) is 9.78. The van der Waals surface area contributed by atoms with Gasteiger partial charge in [0, 0.05) is 0 Å². The minimum atomic E-state index is -0.540. The van der Waals surface area contributed by atoms with Gasteiger partial charge < -0.3 is 9.82 Å². The Morgan fingerprint density at radius 2 is 2.15 bits per heavy atom. The van der Waals surface area contributed by atoms with E-state index in [2.05, 4.69) is 15.0 Å². The van der Waals surface area contributed by atoms with Crippen molar-refractivity contribution in [1.82, 2.24) is 19.7 Å². The molecular formula is C13H9N5O2. The average molecular weight is 267 g/mol. The van der Waals surface area contributed by atoms with Crippen molar-refractivity contribution in [3.05, 3.63) is 58.4 Å². The molecule has 2 aliphatic heterocycles. The molecular weight excluding hydrogens is 258 g/mol. The van der Waals surface area contributed by atoms with Gasteiger partial charge >= 0.3 is 5.69 Å². The summed E-state index contributed by atoms with van der Waals surface area (Å²) in [5, 5.41) is 8.93. The van der Waals surface area contributed by atoms with Crippen LogP contribution in [0.5, 0.6) is 0 Å². The first kappa shape index (κ1) is 11.9. The first-order valence-electron chi connectivity index (χ1n) is 5.82. The number of imidazole rings is 1. The molecule has 0 bridgehead atoms. The lowest BCUT2D eigenvalue weighted by atomic mass is 10.2. The van der Waals surface area contributed by atoms with Crippen LogP contribution in [-0.2, 0) is 6.61 Å². The highest BCUT2D eigenvalue weighted by Gasteiger charge is 2.18. The first-order valence-corrected chi connectivity index (χ1v) is 5.82. The van der Waals surface area contributed by atoms with Crippen molar-refractivity contribution in [3.8, 4) is 17.6 Å². The fourth-order valence-corrected chi connectivity index (χ4v) is 1.79. The third-order valence-corrected chi connectivity index (χ3v) is 2.72. The molecule has 2 heterocycles. The van der Waals surface area contributed by atoms with Gasteiger partial charge in [-0.25, -0.2) is 9.78 Å². The summed E-state index contributed by atoms with van der Waals surface area (Å²) < 4.78 is 1.28. The SMILES string of the molecule is N#Cc1ncn(OCc2ccccc2)c2nc(=O)[nH]c1-2. The third-order valence-electron chi connectivity index (χ3n) is 2.72. The molecule has 98 valence electrons. The Balaban J connectivity index is 1.93. The second kappa shape index (κ2) is 4.85. The van der Waals surface area contributed by atoms with Crippen LogP contribution in [0.15, 0.2) is 41.5 Å². The highest BCUT2D eigenvalue weighted by molar-refractivity contribution is 5.57. The Labute approximate surface area is 113 Å². The number of nitrogens with one attached hydrogen (secondary N) is 1. The standard InChI is InChI=1S/C13H9N5O2/c14-6-10-11-12(17-13(19)16-11)18(8-15-10)20-7-9-4-2-1-3-5-9/h1-5,8H,7H2,(H,16,19). The number of fused-ring (bicyclic) bond motifs is 1. The van der Waals surface area contributed by atoms with Crippen LogP contribution in [-0.4, -0.2) is 19.7 Å². The summed E-state index contributed by atoms with van der Waals surface area (Å²) in [6.07, 6.45) is 1.32. The maximum Gasteiger partial charge on any atom is 0.347 e. The summed E-state index contributed by atoms with van der Waals surface area (Å²) in [6.45, 7) is 0.301. The van der Waals surface area contributed by atoms with E-state index in [0.29, 0.717) is 6.61 Å². The van der Waals surface area contributed by atoms with Gasteiger partial charge in [-0.1, -0.05) is 30.3 Å². The van der Waals surface area contributed by atoms with E-state index in [1.54, 1.807) is 0 Å². The van der Waals surface area contributed by atoms with E-state index in [1.807, 2.05) is 36.4 Å².